The molecule has 0 bridgehead atoms. The molecule has 0 aliphatic carbocycles. The van der Waals surface area contributed by atoms with Crippen LogP contribution in [0.4, 0.5) is 0 Å². The van der Waals surface area contributed by atoms with E-state index in [1.165, 1.54) is 0 Å². The van der Waals surface area contributed by atoms with Crippen LogP contribution in [0.2, 0.25) is 0 Å². The Labute approximate surface area is 110 Å². The minimum Gasteiger partial charge on any atom is -0.317 e. The molecule has 0 radical (unpaired) electrons. The van der Waals surface area contributed by atoms with Crippen molar-refractivity contribution in [3.63, 3.8) is 0 Å². The average molecular weight is 297 g/mol. The van der Waals surface area contributed by atoms with Crippen LogP contribution < -0.4 is 5.32 Å². The SMILES string of the molecule is CC1(C(=O)Cc2ccc(Br)cn2)CCNCC1. The van der Waals surface area contributed by atoms with Crippen molar-refractivity contribution in [2.45, 2.75) is 26.2 Å². The molecule has 4 heteroatoms. The first-order chi connectivity index (χ1) is 8.10. The van der Waals surface area contributed by atoms with Crippen LogP contribution in [0, 0.1) is 5.41 Å². The van der Waals surface area contributed by atoms with Gasteiger partial charge in [0.1, 0.15) is 5.78 Å². The van der Waals surface area contributed by atoms with Crippen LogP contribution in [-0.2, 0) is 11.2 Å². The van der Waals surface area contributed by atoms with E-state index < -0.39 is 0 Å². The lowest BCUT2D eigenvalue weighted by Gasteiger charge is -2.32. The van der Waals surface area contributed by atoms with Gasteiger partial charge in [0.25, 0.3) is 0 Å². The number of halogens is 1. The lowest BCUT2D eigenvalue weighted by Crippen LogP contribution is -2.40. The highest BCUT2D eigenvalue weighted by molar-refractivity contribution is 9.10. The highest BCUT2D eigenvalue weighted by atomic mass is 79.9. The Morgan fingerprint density at radius 1 is 1.47 bits per heavy atom. The van der Waals surface area contributed by atoms with E-state index in [1.807, 2.05) is 12.1 Å². The first-order valence-corrected chi connectivity index (χ1v) is 6.74. The smallest absolute Gasteiger partial charge is 0.144 e. The molecule has 0 atom stereocenters. The number of hydrogen-bond donors (Lipinski definition) is 1. The van der Waals surface area contributed by atoms with Crippen LogP contribution in [0.3, 0.4) is 0 Å². The summed E-state index contributed by atoms with van der Waals surface area (Å²) in [7, 11) is 0. The fraction of sp³-hybridized carbons (Fsp3) is 0.538. The molecule has 1 aliphatic heterocycles. The zero-order chi connectivity index (χ0) is 12.3. The number of pyridine rings is 1. The molecule has 1 aromatic rings. The van der Waals surface area contributed by atoms with E-state index in [2.05, 4.69) is 33.2 Å². The molecule has 1 aromatic heterocycles. The summed E-state index contributed by atoms with van der Waals surface area (Å²) >= 11 is 3.34. The maximum absolute atomic E-state index is 12.3. The summed E-state index contributed by atoms with van der Waals surface area (Å²) in [5.41, 5.74) is 0.693. The van der Waals surface area contributed by atoms with Crippen LogP contribution in [0.25, 0.3) is 0 Å². The van der Waals surface area contributed by atoms with Gasteiger partial charge in [-0.15, -0.1) is 0 Å². The lowest BCUT2D eigenvalue weighted by atomic mass is 9.76. The minimum absolute atomic E-state index is 0.167. The summed E-state index contributed by atoms with van der Waals surface area (Å²) in [6.07, 6.45) is 4.06. The third kappa shape index (κ3) is 3.13. The quantitative estimate of drug-likeness (QED) is 0.931. The van der Waals surface area contributed by atoms with Gasteiger partial charge in [0.15, 0.2) is 0 Å². The second kappa shape index (κ2) is 5.27. The molecule has 92 valence electrons. The van der Waals surface area contributed by atoms with Crippen molar-refractivity contribution in [3.8, 4) is 0 Å². The number of Topliss-reactive ketones (excluding diaryl/α,β-unsaturated/α-hetero) is 1. The molecule has 2 rings (SSSR count). The number of carbonyl (C=O) groups excluding carboxylic acids is 1. The topological polar surface area (TPSA) is 42.0 Å². The normalized spacial score (nSPS) is 18.9. The second-order valence-electron chi connectivity index (χ2n) is 4.88. The maximum atomic E-state index is 12.3. The van der Waals surface area contributed by atoms with Crippen molar-refractivity contribution in [1.82, 2.24) is 10.3 Å². The van der Waals surface area contributed by atoms with E-state index >= 15 is 0 Å². The Kier molecular flexibility index (Phi) is 3.94. The van der Waals surface area contributed by atoms with Crippen molar-refractivity contribution < 1.29 is 4.79 Å². The van der Waals surface area contributed by atoms with Gasteiger partial charge in [-0.2, -0.15) is 0 Å². The highest BCUT2D eigenvalue weighted by Gasteiger charge is 2.34. The third-order valence-electron chi connectivity index (χ3n) is 3.51. The Balaban J connectivity index is 2.03. The fourth-order valence-electron chi connectivity index (χ4n) is 2.15. The maximum Gasteiger partial charge on any atom is 0.144 e. The monoisotopic (exact) mass is 296 g/mol. The molecule has 0 spiro atoms. The van der Waals surface area contributed by atoms with Gasteiger partial charge in [-0.3, -0.25) is 9.78 Å². The van der Waals surface area contributed by atoms with Crippen molar-refractivity contribution in [2.75, 3.05) is 13.1 Å². The molecule has 0 unspecified atom stereocenters. The van der Waals surface area contributed by atoms with E-state index in [0.717, 1.165) is 36.1 Å². The molecule has 1 fully saturated rings. The van der Waals surface area contributed by atoms with E-state index in [9.17, 15) is 4.79 Å². The number of nitrogens with zero attached hydrogens (tertiary/aromatic N) is 1. The zero-order valence-corrected chi connectivity index (χ0v) is 11.6. The molecule has 1 saturated heterocycles. The van der Waals surface area contributed by atoms with Gasteiger partial charge in [-0.25, -0.2) is 0 Å². The number of piperidine rings is 1. The third-order valence-corrected chi connectivity index (χ3v) is 3.98. The Morgan fingerprint density at radius 2 is 2.18 bits per heavy atom. The summed E-state index contributed by atoms with van der Waals surface area (Å²) in [5, 5.41) is 3.29. The lowest BCUT2D eigenvalue weighted by molar-refractivity contribution is -0.128. The number of ketones is 1. The average Bonchev–Trinajstić information content (AvgIpc) is 2.33. The minimum atomic E-state index is -0.167. The van der Waals surface area contributed by atoms with Gasteiger partial charge in [-0.1, -0.05) is 6.92 Å². The molecule has 1 aliphatic rings. The van der Waals surface area contributed by atoms with Crippen LogP contribution in [0.1, 0.15) is 25.5 Å². The summed E-state index contributed by atoms with van der Waals surface area (Å²) in [5.74, 6) is 0.314. The number of rotatable bonds is 3. The summed E-state index contributed by atoms with van der Waals surface area (Å²) in [6, 6.07) is 3.84. The molecule has 0 saturated carbocycles. The predicted molar refractivity (Wildman–Crippen MR) is 70.9 cm³/mol. The summed E-state index contributed by atoms with van der Waals surface area (Å²) in [6.45, 7) is 3.96. The zero-order valence-electron chi connectivity index (χ0n) is 10.0. The summed E-state index contributed by atoms with van der Waals surface area (Å²) < 4.78 is 0.946. The van der Waals surface area contributed by atoms with Crippen molar-refractivity contribution >= 4 is 21.7 Å². The number of hydrogen-bond acceptors (Lipinski definition) is 3. The fourth-order valence-corrected chi connectivity index (χ4v) is 2.38. The van der Waals surface area contributed by atoms with E-state index in [4.69, 9.17) is 0 Å². The molecule has 3 nitrogen and oxygen atoms in total. The molecular formula is C13H17BrN2O. The largest absolute Gasteiger partial charge is 0.317 e. The standard InChI is InChI=1S/C13H17BrN2O/c1-13(4-6-15-7-5-13)12(17)8-11-3-2-10(14)9-16-11/h2-3,9,15H,4-8H2,1H3. The van der Waals surface area contributed by atoms with Gasteiger partial charge in [-0.05, 0) is 54.0 Å². The van der Waals surface area contributed by atoms with E-state index in [1.54, 1.807) is 6.20 Å². The van der Waals surface area contributed by atoms with Crippen molar-refractivity contribution in [1.29, 1.82) is 0 Å². The van der Waals surface area contributed by atoms with Gasteiger partial charge < -0.3 is 5.32 Å². The van der Waals surface area contributed by atoms with Gasteiger partial charge in [0, 0.05) is 28.2 Å². The highest BCUT2D eigenvalue weighted by Crippen LogP contribution is 2.30. The Morgan fingerprint density at radius 3 is 2.76 bits per heavy atom. The van der Waals surface area contributed by atoms with Crippen molar-refractivity contribution in [2.24, 2.45) is 5.41 Å². The predicted octanol–water partition coefficient (Wildman–Crippen LogP) is 2.35. The second-order valence-corrected chi connectivity index (χ2v) is 5.79. The number of aromatic nitrogens is 1. The van der Waals surface area contributed by atoms with E-state index in [-0.39, 0.29) is 5.41 Å². The Hall–Kier alpha value is -0.740. The van der Waals surface area contributed by atoms with Crippen LogP contribution in [0.5, 0.6) is 0 Å². The molecule has 0 amide bonds. The van der Waals surface area contributed by atoms with Gasteiger partial charge in [0.2, 0.25) is 0 Å². The van der Waals surface area contributed by atoms with Crippen molar-refractivity contribution in [3.05, 3.63) is 28.5 Å². The first kappa shape index (κ1) is 12.7. The first-order valence-electron chi connectivity index (χ1n) is 5.95. The molecule has 17 heavy (non-hydrogen) atoms. The van der Waals surface area contributed by atoms with E-state index in [0.29, 0.717) is 12.2 Å². The molecule has 0 aromatic carbocycles. The Bertz CT molecular complexity index is 396. The van der Waals surface area contributed by atoms with Crippen LogP contribution >= 0.6 is 15.9 Å². The number of carbonyl (C=O) groups is 1. The molecular weight excluding hydrogens is 280 g/mol. The van der Waals surface area contributed by atoms with Crippen LogP contribution in [-0.4, -0.2) is 23.9 Å². The summed E-state index contributed by atoms with van der Waals surface area (Å²) in [4.78, 5) is 16.6. The van der Waals surface area contributed by atoms with Gasteiger partial charge >= 0.3 is 0 Å². The number of nitrogens with one attached hydrogen (secondary N) is 1. The van der Waals surface area contributed by atoms with Crippen LogP contribution in [0.15, 0.2) is 22.8 Å². The molecule has 2 heterocycles. The van der Waals surface area contributed by atoms with Gasteiger partial charge in [0.05, 0.1) is 0 Å². The molecule has 1 N–H and O–H groups in total.